The summed E-state index contributed by atoms with van der Waals surface area (Å²) in [5.41, 5.74) is 2.23. The monoisotopic (exact) mass is 266 g/mol. The third-order valence-corrected chi connectivity index (χ3v) is 2.87. The smallest absolute Gasteiger partial charge is 0.0406 e. The maximum absolute atomic E-state index is 8.83. The van der Waals surface area contributed by atoms with E-state index in [0.717, 1.165) is 33.1 Å². The molecule has 2 aromatic carbocycles. The fraction of sp³-hybridized carbons (Fsp3) is 0.143. The van der Waals surface area contributed by atoms with Crippen molar-refractivity contribution in [3.63, 3.8) is 0 Å². The summed E-state index contributed by atoms with van der Waals surface area (Å²) in [6.07, 6.45) is 0. The van der Waals surface area contributed by atoms with Crippen LogP contribution in [0.15, 0.2) is 53.4 Å². The SMILES string of the molecule is CC.OSc1ccc(-c2ccc(Cl)cc2)cc1. The van der Waals surface area contributed by atoms with E-state index in [0.29, 0.717) is 0 Å². The molecule has 0 saturated heterocycles. The molecule has 0 saturated carbocycles. The van der Waals surface area contributed by atoms with Crippen LogP contribution in [0.4, 0.5) is 0 Å². The minimum Gasteiger partial charge on any atom is -0.325 e. The first kappa shape index (κ1) is 14.1. The molecular formula is C14H15ClOS. The van der Waals surface area contributed by atoms with Gasteiger partial charge >= 0.3 is 0 Å². The minimum atomic E-state index is 0.737. The van der Waals surface area contributed by atoms with Crippen LogP contribution in [-0.2, 0) is 0 Å². The van der Waals surface area contributed by atoms with E-state index in [-0.39, 0.29) is 0 Å². The molecule has 0 fully saturated rings. The van der Waals surface area contributed by atoms with E-state index in [2.05, 4.69) is 0 Å². The Labute approximate surface area is 112 Å². The molecule has 2 aromatic rings. The van der Waals surface area contributed by atoms with Gasteiger partial charge in [-0.25, -0.2) is 0 Å². The highest BCUT2D eigenvalue weighted by molar-refractivity contribution is 7.93. The van der Waals surface area contributed by atoms with Crippen molar-refractivity contribution in [1.82, 2.24) is 0 Å². The van der Waals surface area contributed by atoms with Gasteiger partial charge in [-0.2, -0.15) is 0 Å². The fourth-order valence-electron chi connectivity index (χ4n) is 1.35. The standard InChI is InChI=1S/C12H9ClOS.C2H6/c13-11-5-1-9(2-6-11)10-3-7-12(15-14)8-4-10;1-2/h1-8,14H;1-2H3. The van der Waals surface area contributed by atoms with Gasteiger partial charge in [0.25, 0.3) is 0 Å². The lowest BCUT2D eigenvalue weighted by molar-refractivity contribution is 0.664. The average molecular weight is 267 g/mol. The summed E-state index contributed by atoms with van der Waals surface area (Å²) < 4.78 is 8.83. The van der Waals surface area contributed by atoms with Crippen molar-refractivity contribution in [3.05, 3.63) is 53.6 Å². The summed E-state index contributed by atoms with van der Waals surface area (Å²) in [5, 5.41) is 0.737. The van der Waals surface area contributed by atoms with Gasteiger partial charge < -0.3 is 4.55 Å². The molecule has 0 aliphatic heterocycles. The number of hydrogen-bond acceptors (Lipinski definition) is 2. The molecule has 0 heterocycles. The third kappa shape index (κ3) is 4.08. The summed E-state index contributed by atoms with van der Waals surface area (Å²) in [6, 6.07) is 15.4. The Morgan fingerprint density at radius 1 is 0.824 bits per heavy atom. The average Bonchev–Trinajstić information content (AvgIpc) is 2.42. The van der Waals surface area contributed by atoms with Crippen LogP contribution in [0.3, 0.4) is 0 Å². The van der Waals surface area contributed by atoms with Crippen molar-refractivity contribution in [2.75, 3.05) is 0 Å². The minimum absolute atomic E-state index is 0.737. The molecule has 0 radical (unpaired) electrons. The lowest BCUT2D eigenvalue weighted by Crippen LogP contribution is -1.77. The van der Waals surface area contributed by atoms with E-state index in [1.807, 2.05) is 62.4 Å². The quantitative estimate of drug-likeness (QED) is 0.714. The van der Waals surface area contributed by atoms with Crippen LogP contribution < -0.4 is 0 Å². The van der Waals surface area contributed by atoms with E-state index in [9.17, 15) is 0 Å². The molecule has 0 aliphatic rings. The maximum atomic E-state index is 8.83. The van der Waals surface area contributed by atoms with Gasteiger partial charge in [-0.15, -0.1) is 0 Å². The van der Waals surface area contributed by atoms with Gasteiger partial charge in [0.2, 0.25) is 0 Å². The molecule has 1 nitrogen and oxygen atoms in total. The highest BCUT2D eigenvalue weighted by Gasteiger charge is 1.97. The van der Waals surface area contributed by atoms with Gasteiger partial charge in [-0.05, 0) is 35.4 Å². The molecule has 0 aliphatic carbocycles. The van der Waals surface area contributed by atoms with Crippen LogP contribution in [-0.4, -0.2) is 4.55 Å². The Balaban J connectivity index is 0.000000686. The molecule has 0 bridgehead atoms. The summed E-state index contributed by atoms with van der Waals surface area (Å²) >= 11 is 6.56. The molecule has 90 valence electrons. The molecule has 2 rings (SSSR count). The zero-order valence-electron chi connectivity index (χ0n) is 9.85. The second kappa shape index (κ2) is 7.38. The zero-order valence-corrected chi connectivity index (χ0v) is 11.4. The molecule has 0 atom stereocenters. The number of halogens is 1. The van der Waals surface area contributed by atoms with Gasteiger partial charge in [-0.3, -0.25) is 0 Å². The van der Waals surface area contributed by atoms with Crippen molar-refractivity contribution >= 4 is 23.6 Å². The van der Waals surface area contributed by atoms with E-state index in [1.165, 1.54) is 0 Å². The Bertz CT molecular complexity index is 437. The molecular weight excluding hydrogens is 252 g/mol. The van der Waals surface area contributed by atoms with Crippen LogP contribution in [0.25, 0.3) is 11.1 Å². The number of benzene rings is 2. The Morgan fingerprint density at radius 3 is 1.65 bits per heavy atom. The molecule has 0 spiro atoms. The van der Waals surface area contributed by atoms with Crippen LogP contribution in [0.2, 0.25) is 5.02 Å². The predicted molar refractivity (Wildman–Crippen MR) is 76.7 cm³/mol. The van der Waals surface area contributed by atoms with Crippen molar-refractivity contribution in [1.29, 1.82) is 0 Å². The highest BCUT2D eigenvalue weighted by atomic mass is 35.5. The van der Waals surface area contributed by atoms with Gasteiger partial charge in [-0.1, -0.05) is 49.7 Å². The topological polar surface area (TPSA) is 20.2 Å². The first-order chi connectivity index (χ1) is 8.29. The van der Waals surface area contributed by atoms with Crippen molar-refractivity contribution in [2.24, 2.45) is 0 Å². The summed E-state index contributed by atoms with van der Waals surface area (Å²) in [5.74, 6) is 0. The van der Waals surface area contributed by atoms with E-state index >= 15 is 0 Å². The maximum Gasteiger partial charge on any atom is 0.0406 e. The summed E-state index contributed by atoms with van der Waals surface area (Å²) in [4.78, 5) is 0.840. The zero-order chi connectivity index (χ0) is 12.7. The number of hydrogen-bond donors (Lipinski definition) is 1. The molecule has 3 heteroatoms. The first-order valence-corrected chi connectivity index (χ1v) is 6.62. The van der Waals surface area contributed by atoms with Crippen molar-refractivity contribution in [3.8, 4) is 11.1 Å². The lowest BCUT2D eigenvalue weighted by atomic mass is 10.1. The molecule has 1 N–H and O–H groups in total. The molecule has 0 aromatic heterocycles. The van der Waals surface area contributed by atoms with Gasteiger partial charge in [0.15, 0.2) is 0 Å². The Kier molecular flexibility index (Phi) is 6.12. The summed E-state index contributed by atoms with van der Waals surface area (Å²) in [6.45, 7) is 4.00. The molecule has 0 amide bonds. The second-order valence-electron chi connectivity index (χ2n) is 3.12. The fourth-order valence-corrected chi connectivity index (χ4v) is 1.73. The molecule has 0 unspecified atom stereocenters. The van der Waals surface area contributed by atoms with Crippen LogP contribution in [0.5, 0.6) is 0 Å². The van der Waals surface area contributed by atoms with Crippen LogP contribution in [0.1, 0.15) is 13.8 Å². The van der Waals surface area contributed by atoms with Crippen LogP contribution >= 0.6 is 23.6 Å². The third-order valence-electron chi connectivity index (χ3n) is 2.14. The van der Waals surface area contributed by atoms with Gasteiger partial charge in [0, 0.05) is 22.0 Å². The van der Waals surface area contributed by atoms with E-state index in [1.54, 1.807) is 0 Å². The van der Waals surface area contributed by atoms with Crippen LogP contribution in [0, 0.1) is 0 Å². The van der Waals surface area contributed by atoms with Crippen molar-refractivity contribution < 1.29 is 4.55 Å². The largest absolute Gasteiger partial charge is 0.325 e. The Hall–Kier alpha value is -0.960. The summed E-state index contributed by atoms with van der Waals surface area (Å²) in [7, 11) is 0. The van der Waals surface area contributed by atoms with E-state index < -0.39 is 0 Å². The van der Waals surface area contributed by atoms with Gasteiger partial charge in [0.1, 0.15) is 0 Å². The normalized spacial score (nSPS) is 9.41. The molecule has 17 heavy (non-hydrogen) atoms. The van der Waals surface area contributed by atoms with E-state index in [4.69, 9.17) is 16.2 Å². The second-order valence-corrected chi connectivity index (χ2v) is 4.21. The highest BCUT2D eigenvalue weighted by Crippen LogP contribution is 2.24. The van der Waals surface area contributed by atoms with Crippen molar-refractivity contribution in [2.45, 2.75) is 18.7 Å². The first-order valence-electron chi connectivity index (χ1n) is 5.47. The predicted octanol–water partition coefficient (Wildman–Crippen LogP) is 5.60. The van der Waals surface area contributed by atoms with Gasteiger partial charge in [0.05, 0.1) is 0 Å². The lowest BCUT2D eigenvalue weighted by Gasteiger charge is -2.02. The Morgan fingerprint density at radius 2 is 1.24 bits per heavy atom. The number of rotatable bonds is 2.